The van der Waals surface area contributed by atoms with E-state index in [4.69, 9.17) is 18.9 Å². The summed E-state index contributed by atoms with van der Waals surface area (Å²) in [5.41, 5.74) is 1.89. The van der Waals surface area contributed by atoms with Crippen molar-refractivity contribution >= 4 is 23.6 Å². The van der Waals surface area contributed by atoms with Gasteiger partial charge in [-0.2, -0.15) is 0 Å². The Hall–Kier alpha value is -4.59. The van der Waals surface area contributed by atoms with Gasteiger partial charge in [0.15, 0.2) is 23.0 Å². The number of hydrogen-bond donors (Lipinski definition) is 1. The summed E-state index contributed by atoms with van der Waals surface area (Å²) in [5, 5.41) is 2.39. The molecule has 0 saturated carbocycles. The molecule has 0 radical (unpaired) electrons. The second kappa shape index (κ2) is 12.8. The Bertz CT molecular complexity index is 1240. The van der Waals surface area contributed by atoms with Crippen LogP contribution in [0.25, 0.3) is 5.76 Å². The maximum atomic E-state index is 12.4. The third kappa shape index (κ3) is 7.46. The van der Waals surface area contributed by atoms with Crippen molar-refractivity contribution in [1.29, 1.82) is 0 Å². The van der Waals surface area contributed by atoms with Crippen molar-refractivity contribution in [3.05, 3.63) is 101 Å². The molecule has 8 heteroatoms. The average molecular weight is 490 g/mol. The first kappa shape index (κ1) is 26.0. The van der Waals surface area contributed by atoms with Crippen LogP contribution in [0.1, 0.15) is 30.5 Å². The number of amides is 1. The normalized spacial score (nSPS) is 11.1. The maximum Gasteiger partial charge on any atom is 0.358 e. The van der Waals surface area contributed by atoms with E-state index in [1.165, 1.54) is 13.8 Å². The van der Waals surface area contributed by atoms with Gasteiger partial charge in [0.2, 0.25) is 5.91 Å². The van der Waals surface area contributed by atoms with Crippen molar-refractivity contribution in [2.75, 3.05) is 7.11 Å². The van der Waals surface area contributed by atoms with E-state index < -0.39 is 17.8 Å². The van der Waals surface area contributed by atoms with Crippen LogP contribution in [0, 0.1) is 0 Å². The van der Waals surface area contributed by atoms with Gasteiger partial charge >= 0.3 is 11.9 Å². The van der Waals surface area contributed by atoms with E-state index in [1.807, 2.05) is 60.7 Å². The van der Waals surface area contributed by atoms with Crippen molar-refractivity contribution in [2.45, 2.75) is 27.1 Å². The predicted molar refractivity (Wildman–Crippen MR) is 133 cm³/mol. The van der Waals surface area contributed by atoms with Gasteiger partial charge in [0.05, 0.1) is 7.11 Å². The van der Waals surface area contributed by atoms with E-state index in [-0.39, 0.29) is 18.1 Å². The third-order valence-electron chi connectivity index (χ3n) is 4.84. The summed E-state index contributed by atoms with van der Waals surface area (Å²) in [6.45, 7) is 2.96. The van der Waals surface area contributed by atoms with E-state index in [0.717, 1.165) is 18.2 Å². The number of carbonyl (C=O) groups excluding carboxylic acids is 3. The summed E-state index contributed by atoms with van der Waals surface area (Å²) in [6.07, 6.45) is 0. The predicted octanol–water partition coefficient (Wildman–Crippen LogP) is 4.39. The largest absolute Gasteiger partial charge is 0.485 e. The Labute approximate surface area is 209 Å². The molecule has 0 atom stereocenters. The molecule has 1 N–H and O–H groups in total. The Morgan fingerprint density at radius 3 is 1.81 bits per heavy atom. The fourth-order valence-electron chi connectivity index (χ4n) is 3.23. The molecule has 0 spiro atoms. The summed E-state index contributed by atoms with van der Waals surface area (Å²) in [5.74, 6) is -1.48. The smallest absolute Gasteiger partial charge is 0.358 e. The number of esters is 2. The fraction of sp³-hybridized carbons (Fsp3) is 0.179. The van der Waals surface area contributed by atoms with E-state index in [0.29, 0.717) is 23.7 Å². The minimum atomic E-state index is -0.877. The minimum Gasteiger partial charge on any atom is -0.485 e. The van der Waals surface area contributed by atoms with Gasteiger partial charge in [0.25, 0.3) is 0 Å². The molecule has 0 aliphatic rings. The molecular formula is C28H27NO7. The average Bonchev–Trinajstić information content (AvgIpc) is 2.89. The number of ether oxygens (including phenoxy) is 4. The highest BCUT2D eigenvalue weighted by Crippen LogP contribution is 2.33. The first-order chi connectivity index (χ1) is 17.4. The topological polar surface area (TPSA) is 100 Å². The van der Waals surface area contributed by atoms with E-state index >= 15 is 0 Å². The molecule has 0 aromatic heterocycles. The molecule has 3 aromatic carbocycles. The minimum absolute atomic E-state index is 0.177. The van der Waals surface area contributed by atoms with Crippen molar-refractivity contribution in [3.8, 4) is 11.5 Å². The molecule has 0 fully saturated rings. The second-order valence-corrected chi connectivity index (χ2v) is 7.68. The molecule has 0 saturated heterocycles. The lowest BCUT2D eigenvalue weighted by atomic mass is 10.1. The molecule has 1 amide bonds. The van der Waals surface area contributed by atoms with Crippen LogP contribution in [-0.4, -0.2) is 25.0 Å². The Balaban J connectivity index is 2.03. The van der Waals surface area contributed by atoms with Crippen molar-refractivity contribution < 1.29 is 33.3 Å². The third-order valence-corrected chi connectivity index (χ3v) is 4.84. The highest BCUT2D eigenvalue weighted by atomic mass is 16.5. The van der Waals surface area contributed by atoms with Crippen LogP contribution in [0.3, 0.4) is 0 Å². The molecule has 186 valence electrons. The van der Waals surface area contributed by atoms with Crippen LogP contribution >= 0.6 is 0 Å². The van der Waals surface area contributed by atoms with E-state index in [9.17, 15) is 14.4 Å². The monoisotopic (exact) mass is 489 g/mol. The van der Waals surface area contributed by atoms with Gasteiger partial charge < -0.3 is 24.3 Å². The van der Waals surface area contributed by atoms with Gasteiger partial charge in [-0.05, 0) is 29.3 Å². The van der Waals surface area contributed by atoms with Crippen molar-refractivity contribution in [3.63, 3.8) is 0 Å². The van der Waals surface area contributed by atoms with Gasteiger partial charge in [-0.15, -0.1) is 0 Å². The number of rotatable bonds is 10. The lowest BCUT2D eigenvalue weighted by Gasteiger charge is -2.17. The van der Waals surface area contributed by atoms with Gasteiger partial charge in [0.1, 0.15) is 13.2 Å². The van der Waals surface area contributed by atoms with Crippen LogP contribution in [0.15, 0.2) is 84.6 Å². The quantitative estimate of drug-likeness (QED) is 0.256. The Morgan fingerprint density at radius 2 is 1.31 bits per heavy atom. The van der Waals surface area contributed by atoms with E-state index in [1.54, 1.807) is 18.2 Å². The highest BCUT2D eigenvalue weighted by molar-refractivity contribution is 6.00. The zero-order valence-electron chi connectivity index (χ0n) is 20.3. The summed E-state index contributed by atoms with van der Waals surface area (Å²) < 4.78 is 22.2. The zero-order valence-corrected chi connectivity index (χ0v) is 20.3. The van der Waals surface area contributed by atoms with E-state index in [2.05, 4.69) is 5.32 Å². The zero-order chi connectivity index (χ0) is 25.9. The van der Waals surface area contributed by atoms with Crippen molar-refractivity contribution in [1.82, 2.24) is 5.32 Å². The van der Waals surface area contributed by atoms with Gasteiger partial charge in [0, 0.05) is 19.4 Å². The molecule has 0 heterocycles. The highest BCUT2D eigenvalue weighted by Gasteiger charge is 2.23. The molecule has 0 aliphatic heterocycles. The van der Waals surface area contributed by atoms with Gasteiger partial charge in [-0.25, -0.2) is 4.79 Å². The second-order valence-electron chi connectivity index (χ2n) is 7.68. The molecule has 8 nitrogen and oxygen atoms in total. The van der Waals surface area contributed by atoms with Crippen LogP contribution < -0.4 is 14.8 Å². The van der Waals surface area contributed by atoms with Crippen LogP contribution in [-0.2, 0) is 37.1 Å². The molecule has 36 heavy (non-hydrogen) atoms. The van der Waals surface area contributed by atoms with Crippen LogP contribution in [0.2, 0.25) is 0 Å². The number of carbonyl (C=O) groups is 3. The number of benzene rings is 3. The first-order valence-corrected chi connectivity index (χ1v) is 11.1. The molecule has 0 unspecified atom stereocenters. The summed E-state index contributed by atoms with van der Waals surface area (Å²) in [4.78, 5) is 36.1. The summed E-state index contributed by atoms with van der Waals surface area (Å²) >= 11 is 0. The molecule has 0 bridgehead atoms. The van der Waals surface area contributed by atoms with Crippen molar-refractivity contribution in [2.24, 2.45) is 0 Å². The SMILES string of the molecule is COC(=O)/C(NC(C)=O)=C(\OC(C)=O)c1ccc(OCc2ccccc2)c(OCc2ccccc2)c1. The lowest BCUT2D eigenvalue weighted by molar-refractivity contribution is -0.138. The maximum absolute atomic E-state index is 12.4. The molecule has 0 aliphatic carbocycles. The molecular weight excluding hydrogens is 462 g/mol. The summed E-state index contributed by atoms with van der Waals surface area (Å²) in [7, 11) is 1.16. The molecule has 3 rings (SSSR count). The van der Waals surface area contributed by atoms with Gasteiger partial charge in [-0.1, -0.05) is 60.7 Å². The fourth-order valence-corrected chi connectivity index (χ4v) is 3.23. The number of methoxy groups -OCH3 is 1. The number of nitrogens with one attached hydrogen (secondary N) is 1. The summed E-state index contributed by atoms with van der Waals surface area (Å²) in [6, 6.07) is 24.0. The van der Waals surface area contributed by atoms with Crippen LogP contribution in [0.5, 0.6) is 11.5 Å². The molecule has 3 aromatic rings. The van der Waals surface area contributed by atoms with Crippen LogP contribution in [0.4, 0.5) is 0 Å². The first-order valence-electron chi connectivity index (χ1n) is 11.1. The Morgan fingerprint density at radius 1 is 0.750 bits per heavy atom. The lowest BCUT2D eigenvalue weighted by Crippen LogP contribution is -2.28. The number of hydrogen-bond acceptors (Lipinski definition) is 7. The Kier molecular flexibility index (Phi) is 9.22. The standard InChI is InChI=1S/C28H27NO7/c1-19(30)29-26(28(32)33-3)27(36-20(2)31)23-14-15-24(34-17-21-10-6-4-7-11-21)25(16-23)35-18-22-12-8-5-9-13-22/h4-16H,17-18H2,1-3H3,(H,29,30)/b27-26+. The van der Waals surface area contributed by atoms with Gasteiger partial charge in [-0.3, -0.25) is 9.59 Å².